The second-order valence-corrected chi connectivity index (χ2v) is 8.60. The molecule has 0 atom stereocenters. The van der Waals surface area contributed by atoms with E-state index in [1.54, 1.807) is 0 Å². The summed E-state index contributed by atoms with van der Waals surface area (Å²) in [5.41, 5.74) is -0.405. The minimum atomic E-state index is -4.75. The first-order valence-corrected chi connectivity index (χ1v) is 10.4. The molecule has 31 heavy (non-hydrogen) atoms. The van der Waals surface area contributed by atoms with Crippen LogP contribution < -0.4 is 14.2 Å². The zero-order valence-electron chi connectivity index (χ0n) is 15.1. The van der Waals surface area contributed by atoms with Gasteiger partial charge in [-0.2, -0.15) is 22.0 Å². The van der Waals surface area contributed by atoms with Gasteiger partial charge < -0.3 is 9.47 Å². The number of anilines is 1. The molecule has 0 aliphatic heterocycles. The molecule has 172 valence electrons. The molecule has 0 fully saturated rings. The van der Waals surface area contributed by atoms with Gasteiger partial charge in [-0.25, -0.2) is 17.2 Å². The molecule has 0 saturated heterocycles. The fourth-order valence-electron chi connectivity index (χ4n) is 2.03. The third-order valence-electron chi connectivity index (χ3n) is 3.41. The van der Waals surface area contributed by atoms with Crippen molar-refractivity contribution in [2.45, 2.75) is 23.4 Å². The Bertz CT molecular complexity index is 999. The first-order chi connectivity index (χ1) is 14.2. The Labute approximate surface area is 180 Å². The normalized spacial score (nSPS) is 12.7. The van der Waals surface area contributed by atoms with Gasteiger partial charge in [-0.3, -0.25) is 4.72 Å². The van der Waals surface area contributed by atoms with Crippen molar-refractivity contribution in [3.63, 3.8) is 0 Å². The number of nitrogens with one attached hydrogen (secondary N) is 1. The zero-order valence-corrected chi connectivity index (χ0v) is 17.5. The van der Waals surface area contributed by atoms with E-state index in [4.69, 9.17) is 0 Å². The van der Waals surface area contributed by atoms with Crippen LogP contribution in [0.5, 0.6) is 11.5 Å². The molecule has 0 heterocycles. The molecule has 0 aliphatic rings. The molecule has 0 bridgehead atoms. The molecule has 2 aromatic rings. The predicted octanol–water partition coefficient (Wildman–Crippen LogP) is 5.47. The molecule has 1 N–H and O–H groups in total. The summed E-state index contributed by atoms with van der Waals surface area (Å²) in [5, 5.41) is 0. The van der Waals surface area contributed by atoms with E-state index in [-0.39, 0.29) is 4.90 Å². The Morgan fingerprint density at radius 2 is 1.42 bits per heavy atom. The fourth-order valence-corrected chi connectivity index (χ4v) is 3.34. The van der Waals surface area contributed by atoms with Crippen LogP contribution in [0, 0.1) is 0 Å². The van der Waals surface area contributed by atoms with E-state index in [2.05, 4.69) is 25.4 Å². The van der Waals surface area contributed by atoms with Crippen LogP contribution in [0.15, 0.2) is 51.8 Å². The van der Waals surface area contributed by atoms with Crippen LogP contribution in [0.1, 0.15) is 0 Å². The van der Waals surface area contributed by atoms with Crippen molar-refractivity contribution in [3.05, 3.63) is 46.9 Å². The summed E-state index contributed by atoms with van der Waals surface area (Å²) in [5.74, 6) is -5.75. The average Bonchev–Trinajstić information content (AvgIpc) is 2.64. The van der Waals surface area contributed by atoms with Crippen LogP contribution in [0.2, 0.25) is 0 Å². The lowest BCUT2D eigenvalue weighted by atomic mass is 10.3. The number of halogens is 8. The highest BCUT2D eigenvalue weighted by Crippen LogP contribution is 2.31. The first-order valence-electron chi connectivity index (χ1n) is 8.10. The van der Waals surface area contributed by atoms with Crippen molar-refractivity contribution in [1.29, 1.82) is 0 Å². The molecule has 0 saturated carbocycles. The van der Waals surface area contributed by atoms with Crippen LogP contribution in [0.3, 0.4) is 0 Å². The highest BCUT2D eigenvalue weighted by molar-refractivity contribution is 9.10. The number of hydrogen-bond donors (Lipinski definition) is 1. The lowest BCUT2D eigenvalue weighted by Gasteiger charge is -2.18. The number of ether oxygens (including phenoxy) is 2. The maximum atomic E-state index is 13.1. The molecule has 2 rings (SSSR count). The highest BCUT2D eigenvalue weighted by atomic mass is 79.9. The summed E-state index contributed by atoms with van der Waals surface area (Å²) < 4.78 is 125. The molecular formula is C17H13BrF7NO4S. The van der Waals surface area contributed by atoms with E-state index in [0.29, 0.717) is 4.47 Å². The molecule has 2 aromatic carbocycles. The second-order valence-electron chi connectivity index (χ2n) is 6.01. The average molecular weight is 540 g/mol. The summed E-state index contributed by atoms with van der Waals surface area (Å²) in [4.78, 5) is -0.219. The van der Waals surface area contributed by atoms with Gasteiger partial charge in [0.1, 0.15) is 11.5 Å². The lowest BCUT2D eigenvalue weighted by molar-refractivity contribution is -0.153. The summed E-state index contributed by atoms with van der Waals surface area (Å²) in [6, 6.07) is 7.67. The van der Waals surface area contributed by atoms with Crippen molar-refractivity contribution < 1.29 is 48.6 Å². The van der Waals surface area contributed by atoms with Crippen molar-refractivity contribution >= 4 is 31.6 Å². The van der Waals surface area contributed by atoms with E-state index in [0.717, 1.165) is 18.2 Å². The van der Waals surface area contributed by atoms with E-state index in [1.807, 2.05) is 4.72 Å². The molecular weight excluding hydrogens is 527 g/mol. The van der Waals surface area contributed by atoms with Crippen molar-refractivity contribution in [3.8, 4) is 11.5 Å². The van der Waals surface area contributed by atoms with Crippen LogP contribution in [-0.2, 0) is 10.0 Å². The Morgan fingerprint density at radius 3 is 1.90 bits per heavy atom. The molecule has 0 aliphatic carbocycles. The van der Waals surface area contributed by atoms with E-state index in [1.165, 1.54) is 24.3 Å². The molecule has 14 heteroatoms. The van der Waals surface area contributed by atoms with E-state index < -0.39 is 58.9 Å². The number of sulfonamides is 1. The van der Waals surface area contributed by atoms with E-state index in [9.17, 15) is 39.2 Å². The maximum Gasteiger partial charge on any atom is 0.422 e. The van der Waals surface area contributed by atoms with Gasteiger partial charge in [-0.15, -0.1) is 0 Å². The number of benzene rings is 2. The molecule has 0 radical (unpaired) electrons. The monoisotopic (exact) mass is 539 g/mol. The van der Waals surface area contributed by atoms with Gasteiger partial charge in [0.2, 0.25) is 0 Å². The summed E-state index contributed by atoms with van der Waals surface area (Å²) >= 11 is 3.12. The molecule has 0 spiro atoms. The van der Waals surface area contributed by atoms with Crippen LogP contribution in [-0.4, -0.2) is 40.2 Å². The van der Waals surface area contributed by atoms with Gasteiger partial charge in [-0.05, 0) is 24.3 Å². The van der Waals surface area contributed by atoms with Gasteiger partial charge in [0, 0.05) is 22.7 Å². The van der Waals surface area contributed by atoms with Crippen molar-refractivity contribution in [1.82, 2.24) is 0 Å². The zero-order chi connectivity index (χ0) is 23.4. The Morgan fingerprint density at radius 1 is 0.903 bits per heavy atom. The smallest absolute Gasteiger partial charge is 0.422 e. The van der Waals surface area contributed by atoms with Crippen molar-refractivity contribution in [2.75, 3.05) is 17.9 Å². The van der Waals surface area contributed by atoms with Gasteiger partial charge in [0.25, 0.3) is 10.0 Å². The minimum absolute atomic E-state index is 0.219. The summed E-state index contributed by atoms with van der Waals surface area (Å²) in [6.45, 7) is -3.57. The number of rotatable bonds is 9. The van der Waals surface area contributed by atoms with Gasteiger partial charge in [-0.1, -0.05) is 15.9 Å². The lowest BCUT2D eigenvalue weighted by Crippen LogP contribution is -2.33. The van der Waals surface area contributed by atoms with Crippen LogP contribution in [0.25, 0.3) is 0 Å². The third kappa shape index (κ3) is 7.76. The standard InChI is InChI=1S/C17H13BrF7NO4S/c18-10-1-3-14(4-2-10)31(27,28)26-11-5-12(29-8-16(21,22)15(19)20)7-13(6-11)30-9-17(23,24)25/h1-7,15,26H,8-9H2. The van der Waals surface area contributed by atoms with Gasteiger partial charge >= 0.3 is 18.5 Å². The van der Waals surface area contributed by atoms with E-state index >= 15 is 0 Å². The second kappa shape index (κ2) is 9.51. The third-order valence-corrected chi connectivity index (χ3v) is 5.34. The van der Waals surface area contributed by atoms with Crippen LogP contribution in [0.4, 0.5) is 36.4 Å². The Hall–Kier alpha value is -2.22. The summed E-state index contributed by atoms with van der Waals surface area (Å²) in [6.07, 6.45) is -8.80. The predicted molar refractivity (Wildman–Crippen MR) is 99.4 cm³/mol. The van der Waals surface area contributed by atoms with Crippen LogP contribution >= 0.6 is 15.9 Å². The SMILES string of the molecule is O=S(=O)(Nc1cc(OCC(F)(F)F)cc(OCC(F)(F)C(F)F)c1)c1ccc(Br)cc1. The Kier molecular flexibility index (Phi) is 7.68. The molecule has 0 aromatic heterocycles. The number of hydrogen-bond acceptors (Lipinski definition) is 4. The first kappa shape index (κ1) is 25.0. The fraction of sp³-hybridized carbons (Fsp3) is 0.294. The topological polar surface area (TPSA) is 64.6 Å². The molecule has 0 unspecified atom stereocenters. The minimum Gasteiger partial charge on any atom is -0.487 e. The molecule has 0 amide bonds. The molecule has 5 nitrogen and oxygen atoms in total. The maximum absolute atomic E-state index is 13.1. The number of alkyl halides is 7. The highest BCUT2D eigenvalue weighted by Gasteiger charge is 2.41. The Balaban J connectivity index is 2.32. The van der Waals surface area contributed by atoms with Gasteiger partial charge in [0.05, 0.1) is 10.6 Å². The largest absolute Gasteiger partial charge is 0.487 e. The van der Waals surface area contributed by atoms with Crippen molar-refractivity contribution in [2.24, 2.45) is 0 Å². The summed E-state index contributed by atoms with van der Waals surface area (Å²) in [7, 11) is -4.24. The van der Waals surface area contributed by atoms with Gasteiger partial charge in [0.15, 0.2) is 13.2 Å². The quantitative estimate of drug-likeness (QED) is 0.429.